The van der Waals surface area contributed by atoms with Gasteiger partial charge in [-0.05, 0) is 49.3 Å². The third kappa shape index (κ3) is 3.17. The van der Waals surface area contributed by atoms with Crippen molar-refractivity contribution in [3.05, 3.63) is 65.0 Å². The molecule has 2 heterocycles. The average molecular weight is 408 g/mol. The van der Waals surface area contributed by atoms with Crippen LogP contribution in [0.15, 0.2) is 36.4 Å². The van der Waals surface area contributed by atoms with E-state index < -0.39 is 11.6 Å². The number of nitrogens with zero attached hydrogens (tertiary/aromatic N) is 4. The van der Waals surface area contributed by atoms with E-state index in [1.807, 2.05) is 13.8 Å². The molecule has 2 aromatic heterocycles. The number of fused-ring (bicyclic) bond motifs is 3. The van der Waals surface area contributed by atoms with Gasteiger partial charge in [0, 0.05) is 18.0 Å². The van der Waals surface area contributed by atoms with Gasteiger partial charge in [0.1, 0.15) is 11.3 Å². The third-order valence-corrected chi connectivity index (χ3v) is 5.81. The van der Waals surface area contributed by atoms with Crippen molar-refractivity contribution in [2.45, 2.75) is 38.1 Å². The highest BCUT2D eigenvalue weighted by Crippen LogP contribution is 2.49. The van der Waals surface area contributed by atoms with E-state index in [2.05, 4.69) is 39.3 Å². The first-order valence-corrected chi connectivity index (χ1v) is 9.90. The third-order valence-electron chi connectivity index (χ3n) is 5.81. The molecule has 0 bridgehead atoms. The normalized spacial score (nSPS) is 19.0. The van der Waals surface area contributed by atoms with Gasteiger partial charge in [0.25, 0.3) is 0 Å². The van der Waals surface area contributed by atoms with E-state index in [9.17, 15) is 8.78 Å². The van der Waals surface area contributed by atoms with Gasteiger partial charge >= 0.3 is 0 Å². The molecule has 8 heteroatoms. The van der Waals surface area contributed by atoms with Crippen LogP contribution in [0.3, 0.4) is 0 Å². The highest BCUT2D eigenvalue weighted by Gasteiger charge is 2.39. The highest BCUT2D eigenvalue weighted by molar-refractivity contribution is 5.92. The minimum Gasteiger partial charge on any atom is -0.368 e. The fraction of sp³-hybridized carbons (Fsp3) is 0.318. The Bertz CT molecular complexity index is 1270. The van der Waals surface area contributed by atoms with Crippen molar-refractivity contribution in [1.82, 2.24) is 19.6 Å². The maximum absolute atomic E-state index is 14.1. The number of benzene rings is 2. The van der Waals surface area contributed by atoms with Crippen molar-refractivity contribution in [2.75, 3.05) is 5.73 Å². The second-order valence-electron chi connectivity index (χ2n) is 8.67. The topological polar surface area (TPSA) is 95.1 Å². The van der Waals surface area contributed by atoms with Gasteiger partial charge in [0.05, 0.1) is 5.39 Å². The molecular formula is C22H22F2N6. The molecule has 4 N–H and O–H groups in total. The zero-order chi connectivity index (χ0) is 21.2. The Morgan fingerprint density at radius 1 is 1.13 bits per heavy atom. The van der Waals surface area contributed by atoms with Gasteiger partial charge < -0.3 is 11.5 Å². The van der Waals surface area contributed by atoms with Crippen molar-refractivity contribution in [3.63, 3.8) is 0 Å². The van der Waals surface area contributed by atoms with E-state index in [0.29, 0.717) is 29.7 Å². The molecule has 1 aliphatic carbocycles. The van der Waals surface area contributed by atoms with Crippen LogP contribution in [0, 0.1) is 17.6 Å². The molecule has 0 unspecified atom stereocenters. The van der Waals surface area contributed by atoms with Crippen LogP contribution in [0.2, 0.25) is 0 Å². The Balaban J connectivity index is 1.42. The standard InChI is InChI=1S/C22H22F2N6/c1-22(2,26)13-5-3-11(4-6-13)15-7-12(15)8-18-27-20-16-9-14(23)10-17(24)19(16)28-21(25)30(20)29-18/h3-6,9-10,12,15H,7-8,26H2,1-2H3,(H2,25,28)/t12-,15-/m1/s1. The molecule has 4 aromatic rings. The van der Waals surface area contributed by atoms with Crippen LogP contribution >= 0.6 is 0 Å². The Morgan fingerprint density at radius 2 is 1.87 bits per heavy atom. The smallest absolute Gasteiger partial charge is 0.223 e. The van der Waals surface area contributed by atoms with Gasteiger partial charge in [-0.25, -0.2) is 18.7 Å². The van der Waals surface area contributed by atoms with E-state index in [0.717, 1.165) is 18.1 Å². The molecular weight excluding hydrogens is 386 g/mol. The van der Waals surface area contributed by atoms with Crippen LogP contribution in [0.5, 0.6) is 0 Å². The Labute approximate surface area is 171 Å². The fourth-order valence-electron chi connectivity index (χ4n) is 4.06. The van der Waals surface area contributed by atoms with Crippen LogP contribution < -0.4 is 11.5 Å². The summed E-state index contributed by atoms with van der Waals surface area (Å²) in [6.45, 7) is 3.97. The molecule has 1 aliphatic rings. The molecule has 0 spiro atoms. The van der Waals surface area contributed by atoms with Crippen LogP contribution in [0.4, 0.5) is 14.7 Å². The van der Waals surface area contributed by atoms with Crippen LogP contribution in [-0.2, 0) is 12.0 Å². The van der Waals surface area contributed by atoms with Crippen molar-refractivity contribution in [3.8, 4) is 0 Å². The van der Waals surface area contributed by atoms with Gasteiger partial charge in [-0.3, -0.25) is 0 Å². The van der Waals surface area contributed by atoms with E-state index in [1.54, 1.807) is 0 Å². The second-order valence-corrected chi connectivity index (χ2v) is 8.67. The molecule has 1 saturated carbocycles. The quantitative estimate of drug-likeness (QED) is 0.537. The van der Waals surface area contributed by atoms with Crippen LogP contribution in [0.25, 0.3) is 16.6 Å². The fourth-order valence-corrected chi connectivity index (χ4v) is 4.06. The lowest BCUT2D eigenvalue weighted by Gasteiger charge is -2.19. The van der Waals surface area contributed by atoms with E-state index >= 15 is 0 Å². The summed E-state index contributed by atoms with van der Waals surface area (Å²) in [4.78, 5) is 8.55. The number of hydrogen-bond acceptors (Lipinski definition) is 5. The summed E-state index contributed by atoms with van der Waals surface area (Å²) in [5.74, 6) is 0.00295. The number of halogens is 2. The van der Waals surface area contributed by atoms with Crippen LogP contribution in [-0.4, -0.2) is 19.6 Å². The summed E-state index contributed by atoms with van der Waals surface area (Å²) >= 11 is 0. The molecule has 0 amide bonds. The maximum Gasteiger partial charge on any atom is 0.223 e. The number of nitrogens with two attached hydrogens (primary N) is 2. The lowest BCUT2D eigenvalue weighted by atomic mass is 9.94. The largest absolute Gasteiger partial charge is 0.368 e. The van der Waals surface area contributed by atoms with Gasteiger partial charge in [-0.1, -0.05) is 24.3 Å². The van der Waals surface area contributed by atoms with Gasteiger partial charge in [-0.15, -0.1) is 5.10 Å². The molecule has 30 heavy (non-hydrogen) atoms. The number of hydrogen-bond donors (Lipinski definition) is 2. The summed E-state index contributed by atoms with van der Waals surface area (Å²) in [6.07, 6.45) is 1.70. The van der Waals surface area contributed by atoms with Crippen molar-refractivity contribution < 1.29 is 8.78 Å². The first kappa shape index (κ1) is 18.9. The zero-order valence-electron chi connectivity index (χ0n) is 16.7. The SMILES string of the molecule is CC(C)(N)c1ccc([C@H]2C[C@@H]2Cc2nc3c4cc(F)cc(F)c4nc(N)n3n2)cc1. The molecule has 2 aromatic carbocycles. The number of nitrogen functional groups attached to an aromatic ring is 1. The summed E-state index contributed by atoms with van der Waals surface area (Å²) in [5, 5.41) is 4.69. The molecule has 2 atom stereocenters. The van der Waals surface area contributed by atoms with Crippen molar-refractivity contribution >= 4 is 22.5 Å². The van der Waals surface area contributed by atoms with Crippen LogP contribution in [0.1, 0.15) is 43.1 Å². The molecule has 0 saturated heterocycles. The number of aromatic nitrogens is 4. The Morgan fingerprint density at radius 3 is 2.57 bits per heavy atom. The molecule has 6 nitrogen and oxygen atoms in total. The Hall–Kier alpha value is -3.13. The van der Waals surface area contributed by atoms with E-state index in [1.165, 1.54) is 16.1 Å². The van der Waals surface area contributed by atoms with E-state index in [4.69, 9.17) is 11.5 Å². The molecule has 1 fully saturated rings. The zero-order valence-corrected chi connectivity index (χ0v) is 16.7. The molecule has 5 rings (SSSR count). The predicted molar refractivity (Wildman–Crippen MR) is 111 cm³/mol. The number of rotatable bonds is 4. The minimum absolute atomic E-state index is 0.00688. The summed E-state index contributed by atoms with van der Waals surface area (Å²) < 4.78 is 29.2. The lowest BCUT2D eigenvalue weighted by molar-refractivity contribution is 0.554. The second kappa shape index (κ2) is 6.43. The lowest BCUT2D eigenvalue weighted by Crippen LogP contribution is -2.28. The summed E-state index contributed by atoms with van der Waals surface area (Å²) in [5.41, 5.74) is 14.4. The average Bonchev–Trinajstić information content (AvgIpc) is 3.30. The van der Waals surface area contributed by atoms with Gasteiger partial charge in [0.15, 0.2) is 17.3 Å². The summed E-state index contributed by atoms with van der Waals surface area (Å²) in [6, 6.07) is 10.4. The van der Waals surface area contributed by atoms with E-state index in [-0.39, 0.29) is 22.4 Å². The highest BCUT2D eigenvalue weighted by atomic mass is 19.1. The van der Waals surface area contributed by atoms with Gasteiger partial charge in [-0.2, -0.15) is 4.52 Å². The monoisotopic (exact) mass is 408 g/mol. The minimum atomic E-state index is -0.768. The van der Waals surface area contributed by atoms with Gasteiger partial charge in [0.2, 0.25) is 5.95 Å². The summed E-state index contributed by atoms with van der Waals surface area (Å²) in [7, 11) is 0. The first-order valence-electron chi connectivity index (χ1n) is 9.90. The molecule has 154 valence electrons. The van der Waals surface area contributed by atoms with Crippen molar-refractivity contribution in [1.29, 1.82) is 0 Å². The maximum atomic E-state index is 14.1. The van der Waals surface area contributed by atoms with Crippen molar-refractivity contribution in [2.24, 2.45) is 11.7 Å². The predicted octanol–water partition coefficient (Wildman–Crippen LogP) is 3.68. The number of anilines is 1. The molecule has 0 aliphatic heterocycles. The Kier molecular flexibility index (Phi) is 4.05. The first-order chi connectivity index (χ1) is 14.2. The molecule has 0 radical (unpaired) electrons.